The van der Waals surface area contributed by atoms with E-state index in [-0.39, 0.29) is 5.92 Å². The minimum absolute atomic E-state index is 0.135. The van der Waals surface area contributed by atoms with Crippen LogP contribution in [-0.2, 0) is 11.2 Å². The van der Waals surface area contributed by atoms with Crippen LogP contribution in [0.3, 0.4) is 0 Å². The number of carbonyl (C=O) groups excluding carboxylic acids is 1. The first-order valence-corrected chi connectivity index (χ1v) is 14.0. The molecule has 2 aromatic carbocycles. The summed E-state index contributed by atoms with van der Waals surface area (Å²) in [5.41, 5.74) is 3.89. The average molecular weight is 511 g/mol. The molecule has 1 saturated heterocycles. The summed E-state index contributed by atoms with van der Waals surface area (Å²) >= 11 is 0. The summed E-state index contributed by atoms with van der Waals surface area (Å²) in [5, 5.41) is 5.88. The fraction of sp³-hybridized carbons (Fsp3) is 0.419. The number of benzene rings is 2. The van der Waals surface area contributed by atoms with Crippen LogP contribution in [0.2, 0.25) is 0 Å². The standard InChI is InChI=1S/C31H38N6O/c1-4-6-15-25(5-2)31(38)36-20-18-35(19-21-36)29-28-23(3)34-37(26-16-11-8-12-17-26)30(28)33-27(32-29)22-24-13-9-7-10-14-24/h7-14,16-17,25H,4-6,15,18-22H2,1-3H3/t25-/m1/s1. The predicted octanol–water partition coefficient (Wildman–Crippen LogP) is 5.58. The Kier molecular flexibility index (Phi) is 8.01. The Morgan fingerprint density at radius 2 is 1.61 bits per heavy atom. The van der Waals surface area contributed by atoms with Crippen LogP contribution < -0.4 is 4.90 Å². The SMILES string of the molecule is CCCC[C@@H](CC)C(=O)N1CCN(c2nc(Cc3ccccc3)nc3c2c(C)nn3-c2ccccc2)CC1. The normalized spacial score (nSPS) is 14.7. The molecule has 7 heteroatoms. The lowest BCUT2D eigenvalue weighted by atomic mass is 9.97. The Labute approximate surface area is 225 Å². The molecule has 1 atom stereocenters. The van der Waals surface area contributed by atoms with Crippen LogP contribution in [0.4, 0.5) is 5.82 Å². The van der Waals surface area contributed by atoms with Gasteiger partial charge in [0.2, 0.25) is 5.91 Å². The highest BCUT2D eigenvalue weighted by molar-refractivity contribution is 5.91. The Balaban J connectivity index is 1.47. The number of hydrogen-bond acceptors (Lipinski definition) is 5. The molecule has 1 aliphatic rings. The van der Waals surface area contributed by atoms with Crippen LogP contribution in [0.15, 0.2) is 60.7 Å². The van der Waals surface area contributed by atoms with Gasteiger partial charge >= 0.3 is 0 Å². The summed E-state index contributed by atoms with van der Waals surface area (Å²) in [4.78, 5) is 27.7. The zero-order chi connectivity index (χ0) is 26.5. The number of anilines is 1. The topological polar surface area (TPSA) is 67.2 Å². The molecule has 0 radical (unpaired) electrons. The lowest BCUT2D eigenvalue weighted by Crippen LogP contribution is -2.50. The Hall–Kier alpha value is -3.74. The van der Waals surface area contributed by atoms with Gasteiger partial charge in [-0.25, -0.2) is 14.6 Å². The van der Waals surface area contributed by atoms with E-state index in [2.05, 4.69) is 47.9 Å². The van der Waals surface area contributed by atoms with Crippen molar-refractivity contribution in [3.05, 3.63) is 77.7 Å². The van der Waals surface area contributed by atoms with Gasteiger partial charge in [-0.05, 0) is 37.5 Å². The van der Waals surface area contributed by atoms with E-state index in [4.69, 9.17) is 15.1 Å². The number of unbranched alkanes of at least 4 members (excludes halogenated alkanes) is 1. The van der Waals surface area contributed by atoms with Gasteiger partial charge in [-0.3, -0.25) is 4.79 Å². The molecule has 1 aliphatic heterocycles. The molecule has 38 heavy (non-hydrogen) atoms. The number of nitrogens with zero attached hydrogens (tertiary/aromatic N) is 6. The van der Waals surface area contributed by atoms with Crippen molar-refractivity contribution >= 4 is 22.8 Å². The summed E-state index contributed by atoms with van der Waals surface area (Å²) in [5.74, 6) is 2.15. The molecule has 4 aromatic rings. The summed E-state index contributed by atoms with van der Waals surface area (Å²) in [7, 11) is 0. The quantitative estimate of drug-likeness (QED) is 0.294. The van der Waals surface area contributed by atoms with Gasteiger partial charge in [-0.1, -0.05) is 75.2 Å². The van der Waals surface area contributed by atoms with Gasteiger partial charge in [0.05, 0.1) is 16.8 Å². The zero-order valence-electron chi connectivity index (χ0n) is 22.8. The first kappa shape index (κ1) is 25.9. The molecule has 0 N–H and O–H groups in total. The van der Waals surface area contributed by atoms with Gasteiger partial charge < -0.3 is 9.80 Å². The first-order valence-electron chi connectivity index (χ1n) is 14.0. The average Bonchev–Trinajstić information content (AvgIpc) is 3.30. The minimum atomic E-state index is 0.135. The molecule has 1 amide bonds. The van der Waals surface area contributed by atoms with Crippen LogP contribution in [-0.4, -0.2) is 56.7 Å². The summed E-state index contributed by atoms with van der Waals surface area (Å²) in [6.07, 6.45) is 4.78. The van der Waals surface area contributed by atoms with Crippen molar-refractivity contribution < 1.29 is 4.79 Å². The van der Waals surface area contributed by atoms with E-state index >= 15 is 0 Å². The second-order valence-electron chi connectivity index (χ2n) is 10.2. The largest absolute Gasteiger partial charge is 0.352 e. The van der Waals surface area contributed by atoms with Crippen molar-refractivity contribution in [2.24, 2.45) is 5.92 Å². The number of hydrogen-bond donors (Lipinski definition) is 0. The molecule has 0 bridgehead atoms. The van der Waals surface area contributed by atoms with Gasteiger partial charge in [0.25, 0.3) is 0 Å². The highest BCUT2D eigenvalue weighted by Gasteiger charge is 2.29. The van der Waals surface area contributed by atoms with Crippen molar-refractivity contribution in [3.8, 4) is 5.69 Å². The number of carbonyl (C=O) groups is 1. The third-order valence-corrected chi connectivity index (χ3v) is 7.57. The van der Waals surface area contributed by atoms with Gasteiger partial charge in [-0.2, -0.15) is 5.10 Å². The van der Waals surface area contributed by atoms with Crippen molar-refractivity contribution in [3.63, 3.8) is 0 Å². The van der Waals surface area contributed by atoms with Crippen molar-refractivity contribution in [2.75, 3.05) is 31.1 Å². The maximum Gasteiger partial charge on any atom is 0.225 e. The van der Waals surface area contributed by atoms with E-state index in [1.165, 1.54) is 5.56 Å². The van der Waals surface area contributed by atoms with E-state index in [1.807, 2.05) is 48.0 Å². The van der Waals surface area contributed by atoms with Gasteiger partial charge in [0.15, 0.2) is 5.65 Å². The van der Waals surface area contributed by atoms with E-state index < -0.39 is 0 Å². The molecular weight excluding hydrogens is 472 g/mol. The number of aromatic nitrogens is 4. The second-order valence-corrected chi connectivity index (χ2v) is 10.2. The van der Waals surface area contributed by atoms with Crippen LogP contribution in [0.25, 0.3) is 16.7 Å². The van der Waals surface area contributed by atoms with Crippen LogP contribution >= 0.6 is 0 Å². The van der Waals surface area contributed by atoms with E-state index in [0.29, 0.717) is 25.4 Å². The highest BCUT2D eigenvalue weighted by atomic mass is 16.2. The second kappa shape index (κ2) is 11.8. The van der Waals surface area contributed by atoms with E-state index in [0.717, 1.165) is 72.8 Å². The number of para-hydroxylation sites is 1. The van der Waals surface area contributed by atoms with Crippen LogP contribution in [0.1, 0.15) is 56.6 Å². The van der Waals surface area contributed by atoms with Crippen molar-refractivity contribution in [1.82, 2.24) is 24.6 Å². The summed E-state index contributed by atoms with van der Waals surface area (Å²) in [6, 6.07) is 20.5. The molecule has 7 nitrogen and oxygen atoms in total. The minimum Gasteiger partial charge on any atom is -0.352 e. The van der Waals surface area contributed by atoms with Gasteiger partial charge in [-0.15, -0.1) is 0 Å². The number of piperazine rings is 1. The number of rotatable bonds is 9. The monoisotopic (exact) mass is 510 g/mol. The number of aryl methyl sites for hydroxylation is 1. The lowest BCUT2D eigenvalue weighted by molar-refractivity contribution is -0.136. The van der Waals surface area contributed by atoms with E-state index in [9.17, 15) is 4.79 Å². The highest BCUT2D eigenvalue weighted by Crippen LogP contribution is 2.30. The molecule has 2 aromatic heterocycles. The summed E-state index contributed by atoms with van der Waals surface area (Å²) < 4.78 is 1.93. The Bertz CT molecular complexity index is 1360. The van der Waals surface area contributed by atoms with Crippen molar-refractivity contribution in [2.45, 2.75) is 52.9 Å². The molecule has 0 spiro atoms. The summed E-state index contributed by atoms with van der Waals surface area (Å²) in [6.45, 7) is 9.29. The van der Waals surface area contributed by atoms with E-state index in [1.54, 1.807) is 0 Å². The van der Waals surface area contributed by atoms with Crippen LogP contribution in [0, 0.1) is 12.8 Å². The smallest absolute Gasteiger partial charge is 0.225 e. The molecular formula is C31H38N6O. The maximum absolute atomic E-state index is 13.2. The Morgan fingerprint density at radius 3 is 2.26 bits per heavy atom. The molecule has 0 aliphatic carbocycles. The Morgan fingerprint density at radius 1 is 0.921 bits per heavy atom. The molecule has 198 valence electrons. The molecule has 3 heterocycles. The molecule has 0 unspecified atom stereocenters. The zero-order valence-corrected chi connectivity index (χ0v) is 22.8. The lowest BCUT2D eigenvalue weighted by Gasteiger charge is -2.37. The molecule has 0 saturated carbocycles. The first-order chi connectivity index (χ1) is 18.6. The predicted molar refractivity (Wildman–Crippen MR) is 153 cm³/mol. The van der Waals surface area contributed by atoms with Crippen LogP contribution in [0.5, 0.6) is 0 Å². The van der Waals surface area contributed by atoms with Crippen molar-refractivity contribution in [1.29, 1.82) is 0 Å². The molecule has 1 fully saturated rings. The number of amides is 1. The van der Waals surface area contributed by atoms with Gasteiger partial charge in [0.1, 0.15) is 11.6 Å². The fourth-order valence-electron chi connectivity index (χ4n) is 5.39. The maximum atomic E-state index is 13.2. The fourth-order valence-corrected chi connectivity index (χ4v) is 5.39. The third-order valence-electron chi connectivity index (χ3n) is 7.57. The molecule has 5 rings (SSSR count). The van der Waals surface area contributed by atoms with Gasteiger partial charge in [0, 0.05) is 38.5 Å². The third kappa shape index (κ3) is 5.42. The number of fused-ring (bicyclic) bond motifs is 1.